The third-order valence-electron chi connectivity index (χ3n) is 3.35. The Morgan fingerprint density at radius 3 is 2.50 bits per heavy atom. The largest absolute Gasteiger partial charge is 0.357 e. The van der Waals surface area contributed by atoms with Crippen LogP contribution in [-0.4, -0.2) is 24.8 Å². The second-order valence-electron chi connectivity index (χ2n) is 5.01. The summed E-state index contributed by atoms with van der Waals surface area (Å²) in [4.78, 5) is 5.94. The molecule has 1 aromatic rings. The van der Waals surface area contributed by atoms with Crippen molar-refractivity contribution < 1.29 is 0 Å². The highest BCUT2D eigenvalue weighted by Gasteiger charge is 2.33. The number of nitrogens with one attached hydrogen (secondary N) is 2. The van der Waals surface area contributed by atoms with Gasteiger partial charge in [0.25, 0.3) is 0 Å². The molecule has 0 spiro atoms. The number of hydrogen-bond acceptors (Lipinski definition) is 2. The topological polar surface area (TPSA) is 36.4 Å². The molecule has 0 saturated heterocycles. The molecule has 5 heteroatoms. The lowest BCUT2D eigenvalue weighted by Gasteiger charge is -2.10. The van der Waals surface area contributed by atoms with Crippen molar-refractivity contribution in [1.82, 2.24) is 10.6 Å². The van der Waals surface area contributed by atoms with E-state index in [1.807, 2.05) is 0 Å². The van der Waals surface area contributed by atoms with Crippen LogP contribution in [0.2, 0.25) is 0 Å². The zero-order chi connectivity index (χ0) is 13.7. The maximum absolute atomic E-state index is 4.64. The molecule has 1 aromatic carbocycles. The van der Waals surface area contributed by atoms with E-state index in [1.165, 1.54) is 16.9 Å². The summed E-state index contributed by atoms with van der Waals surface area (Å²) < 4.78 is 0. The fraction of sp³-hybridized carbons (Fsp3) is 0.533. The van der Waals surface area contributed by atoms with Gasteiger partial charge in [-0.15, -0.1) is 35.7 Å². The van der Waals surface area contributed by atoms with Crippen LogP contribution in [0.1, 0.15) is 25.8 Å². The summed E-state index contributed by atoms with van der Waals surface area (Å²) in [6.45, 7) is 5.99. The minimum absolute atomic E-state index is 0. The van der Waals surface area contributed by atoms with Crippen LogP contribution in [0.3, 0.4) is 0 Å². The van der Waals surface area contributed by atoms with Gasteiger partial charge in [-0.3, -0.25) is 0 Å². The molecular weight excluding hydrogens is 381 g/mol. The van der Waals surface area contributed by atoms with Crippen molar-refractivity contribution in [2.75, 3.05) is 12.8 Å². The van der Waals surface area contributed by atoms with Gasteiger partial charge in [0.15, 0.2) is 5.96 Å². The maximum atomic E-state index is 4.64. The number of aliphatic imine (C=N–C) groups is 1. The predicted octanol–water partition coefficient (Wildman–Crippen LogP) is 3.49. The Morgan fingerprint density at radius 2 is 2.00 bits per heavy atom. The second kappa shape index (κ2) is 8.77. The van der Waals surface area contributed by atoms with E-state index in [0.29, 0.717) is 6.04 Å². The van der Waals surface area contributed by atoms with E-state index in [0.717, 1.165) is 25.0 Å². The van der Waals surface area contributed by atoms with Crippen LogP contribution < -0.4 is 10.6 Å². The van der Waals surface area contributed by atoms with Crippen molar-refractivity contribution in [3.8, 4) is 0 Å². The number of nitrogens with zero attached hydrogens (tertiary/aromatic N) is 1. The minimum Gasteiger partial charge on any atom is -0.357 e. The van der Waals surface area contributed by atoms with Crippen molar-refractivity contribution >= 4 is 41.7 Å². The smallest absolute Gasteiger partial charge is 0.191 e. The lowest BCUT2D eigenvalue weighted by molar-refractivity contribution is 0.766. The van der Waals surface area contributed by atoms with Gasteiger partial charge >= 0.3 is 0 Å². The molecule has 112 valence electrons. The Hall–Kier alpha value is -0.430. The zero-order valence-corrected chi connectivity index (χ0v) is 15.5. The molecule has 1 fully saturated rings. The number of halogens is 1. The molecule has 2 atom stereocenters. The highest BCUT2D eigenvalue weighted by Crippen LogP contribution is 2.28. The van der Waals surface area contributed by atoms with Gasteiger partial charge in [0.1, 0.15) is 0 Å². The number of thioether (sulfide) groups is 1. The molecule has 20 heavy (non-hydrogen) atoms. The van der Waals surface area contributed by atoms with Gasteiger partial charge in [-0.2, -0.15) is 0 Å². The summed E-state index contributed by atoms with van der Waals surface area (Å²) in [5.41, 5.74) is 1.25. The SMILES string of the molecule is CCNC(=NCc1ccc(SC)cc1)NC1CC1C.I. The second-order valence-corrected chi connectivity index (χ2v) is 5.89. The van der Waals surface area contributed by atoms with Gasteiger partial charge in [0.05, 0.1) is 6.54 Å². The molecule has 2 unspecified atom stereocenters. The van der Waals surface area contributed by atoms with Crippen LogP contribution >= 0.6 is 35.7 Å². The van der Waals surface area contributed by atoms with Crippen LogP contribution in [-0.2, 0) is 6.54 Å². The first-order valence-electron chi connectivity index (χ1n) is 6.90. The first-order chi connectivity index (χ1) is 9.22. The molecule has 0 aliphatic heterocycles. The Labute approximate surface area is 143 Å². The molecule has 0 amide bonds. The summed E-state index contributed by atoms with van der Waals surface area (Å²) in [5.74, 6) is 1.72. The van der Waals surface area contributed by atoms with Crippen molar-refractivity contribution in [1.29, 1.82) is 0 Å². The summed E-state index contributed by atoms with van der Waals surface area (Å²) in [5, 5.41) is 6.77. The molecule has 3 nitrogen and oxygen atoms in total. The Balaban J connectivity index is 0.00000200. The maximum Gasteiger partial charge on any atom is 0.191 e. The van der Waals surface area contributed by atoms with E-state index in [-0.39, 0.29) is 24.0 Å². The average Bonchev–Trinajstić information content (AvgIpc) is 3.12. The third kappa shape index (κ3) is 5.52. The third-order valence-corrected chi connectivity index (χ3v) is 4.10. The normalized spacial score (nSPS) is 21.1. The minimum atomic E-state index is 0. The standard InChI is InChI=1S/C15H23N3S.HI/c1-4-16-15(18-14-9-11(14)2)17-10-12-5-7-13(19-3)8-6-12;/h5-8,11,14H,4,9-10H2,1-3H3,(H2,16,17,18);1H. The summed E-state index contributed by atoms with van der Waals surface area (Å²) >= 11 is 1.77. The molecule has 1 saturated carbocycles. The molecule has 2 rings (SSSR count). The van der Waals surface area contributed by atoms with Crippen LogP contribution in [0.15, 0.2) is 34.2 Å². The van der Waals surface area contributed by atoms with E-state index in [9.17, 15) is 0 Å². The number of guanidine groups is 1. The molecule has 0 aromatic heterocycles. The van der Waals surface area contributed by atoms with Crippen LogP contribution in [0.25, 0.3) is 0 Å². The predicted molar refractivity (Wildman–Crippen MR) is 99.2 cm³/mol. The fourth-order valence-electron chi connectivity index (χ4n) is 1.92. The van der Waals surface area contributed by atoms with Crippen LogP contribution in [0.5, 0.6) is 0 Å². The van der Waals surface area contributed by atoms with Gasteiger partial charge in [-0.05, 0) is 43.2 Å². The van der Waals surface area contributed by atoms with Crippen molar-refractivity contribution in [2.24, 2.45) is 10.9 Å². The molecule has 0 bridgehead atoms. The Morgan fingerprint density at radius 1 is 1.35 bits per heavy atom. The van der Waals surface area contributed by atoms with E-state index in [2.05, 4.69) is 60.0 Å². The first kappa shape index (κ1) is 17.6. The number of hydrogen-bond donors (Lipinski definition) is 2. The van der Waals surface area contributed by atoms with Crippen molar-refractivity contribution in [3.63, 3.8) is 0 Å². The molecular formula is C15H24IN3S. The highest BCUT2D eigenvalue weighted by atomic mass is 127. The molecule has 0 radical (unpaired) electrons. The zero-order valence-electron chi connectivity index (χ0n) is 12.3. The summed E-state index contributed by atoms with van der Waals surface area (Å²) in [7, 11) is 0. The van der Waals surface area contributed by atoms with Gasteiger partial charge < -0.3 is 10.6 Å². The van der Waals surface area contributed by atoms with E-state index in [4.69, 9.17) is 0 Å². The monoisotopic (exact) mass is 405 g/mol. The van der Waals surface area contributed by atoms with Crippen LogP contribution in [0.4, 0.5) is 0 Å². The number of rotatable bonds is 5. The quantitative estimate of drug-likeness (QED) is 0.341. The molecule has 0 heterocycles. The summed E-state index contributed by atoms with van der Waals surface area (Å²) in [6.07, 6.45) is 3.35. The van der Waals surface area contributed by atoms with E-state index >= 15 is 0 Å². The van der Waals surface area contributed by atoms with E-state index in [1.54, 1.807) is 11.8 Å². The highest BCUT2D eigenvalue weighted by molar-refractivity contribution is 14.0. The van der Waals surface area contributed by atoms with Gasteiger partial charge in [0, 0.05) is 17.5 Å². The van der Waals surface area contributed by atoms with Crippen molar-refractivity contribution in [2.45, 2.75) is 37.8 Å². The Kier molecular flexibility index (Phi) is 7.72. The van der Waals surface area contributed by atoms with Crippen LogP contribution in [0, 0.1) is 5.92 Å². The van der Waals surface area contributed by atoms with Gasteiger partial charge in [0.2, 0.25) is 0 Å². The Bertz CT molecular complexity index is 433. The average molecular weight is 405 g/mol. The molecule has 1 aliphatic carbocycles. The van der Waals surface area contributed by atoms with Crippen molar-refractivity contribution in [3.05, 3.63) is 29.8 Å². The molecule has 2 N–H and O–H groups in total. The first-order valence-corrected chi connectivity index (χ1v) is 8.13. The number of benzene rings is 1. The molecule has 1 aliphatic rings. The lowest BCUT2D eigenvalue weighted by Crippen LogP contribution is -2.39. The van der Waals surface area contributed by atoms with Gasteiger partial charge in [-0.25, -0.2) is 4.99 Å². The summed E-state index contributed by atoms with van der Waals surface area (Å²) in [6, 6.07) is 9.21. The fourth-order valence-corrected chi connectivity index (χ4v) is 2.33. The van der Waals surface area contributed by atoms with Gasteiger partial charge in [-0.1, -0.05) is 19.1 Å². The lowest BCUT2D eigenvalue weighted by atomic mass is 10.2. The van der Waals surface area contributed by atoms with E-state index < -0.39 is 0 Å².